The Hall–Kier alpha value is 0.780. The van der Waals surface area contributed by atoms with Gasteiger partial charge in [-0.25, -0.2) is 5.90 Å². The standard InChI is InChI=1S/CH7NOP2/c1-5(4)3-2/h2,4H2,1H3. The highest BCUT2D eigenvalue weighted by Crippen LogP contribution is 2.38. The first kappa shape index (κ1) is 5.78. The highest BCUT2D eigenvalue weighted by Gasteiger charge is 1.79. The Bertz CT molecular complexity index is 23.6. The summed E-state index contributed by atoms with van der Waals surface area (Å²) in [6.07, 6.45) is 0. The maximum Gasteiger partial charge on any atom is 0.0685 e. The summed E-state index contributed by atoms with van der Waals surface area (Å²) in [5.74, 6) is 4.68. The van der Waals surface area contributed by atoms with E-state index in [0.29, 0.717) is 0 Å². The molecule has 0 rings (SSSR count). The summed E-state index contributed by atoms with van der Waals surface area (Å²) in [6.45, 7) is 1.90. The van der Waals surface area contributed by atoms with Crippen LogP contribution in [-0.2, 0) is 4.62 Å². The second-order valence-corrected chi connectivity index (χ2v) is 4.14. The molecule has 2 N–H and O–H groups in total. The zero-order valence-electron chi connectivity index (χ0n) is 3.01. The Kier molecular flexibility index (Phi) is 3.46. The third-order valence-corrected chi connectivity index (χ3v) is 0.864. The van der Waals surface area contributed by atoms with E-state index in [0.717, 1.165) is 0 Å². The van der Waals surface area contributed by atoms with Gasteiger partial charge in [0.1, 0.15) is 0 Å². The van der Waals surface area contributed by atoms with Gasteiger partial charge in [0.05, 0.1) is 7.84 Å². The first-order chi connectivity index (χ1) is 2.27. The molecular formula is CH7NOP2. The van der Waals surface area contributed by atoms with E-state index in [1.165, 1.54) is 0 Å². The van der Waals surface area contributed by atoms with Gasteiger partial charge in [-0.1, -0.05) is 8.93 Å². The van der Waals surface area contributed by atoms with Gasteiger partial charge in [-0.2, -0.15) is 0 Å². The van der Waals surface area contributed by atoms with E-state index in [2.05, 4.69) is 19.4 Å². The van der Waals surface area contributed by atoms with Crippen molar-refractivity contribution < 1.29 is 4.62 Å². The molecule has 0 bridgehead atoms. The Morgan fingerprint density at radius 1 is 2.00 bits per heavy atom. The highest BCUT2D eigenvalue weighted by atomic mass is 32.0. The first-order valence-electron chi connectivity index (χ1n) is 1.12. The molecular weight excluding hydrogens is 104 g/mol. The summed E-state index contributed by atoms with van der Waals surface area (Å²) in [6, 6.07) is 0. The molecule has 0 radical (unpaired) electrons. The lowest BCUT2D eigenvalue weighted by molar-refractivity contribution is 0.385. The zero-order chi connectivity index (χ0) is 4.28. The van der Waals surface area contributed by atoms with Crippen LogP contribution in [0.5, 0.6) is 0 Å². The van der Waals surface area contributed by atoms with Crippen LogP contribution in [0.4, 0.5) is 0 Å². The van der Waals surface area contributed by atoms with E-state index in [-0.39, 0.29) is 0 Å². The number of hydrogen-bond acceptors (Lipinski definition) is 2. The van der Waals surface area contributed by atoms with Gasteiger partial charge in [-0.15, -0.1) is 0 Å². The number of hydrogen-bond donors (Lipinski definition) is 1. The van der Waals surface area contributed by atoms with Crippen molar-refractivity contribution >= 4 is 16.8 Å². The van der Waals surface area contributed by atoms with Crippen LogP contribution < -0.4 is 5.90 Å². The van der Waals surface area contributed by atoms with Gasteiger partial charge in [0, 0.05) is 0 Å². The lowest BCUT2D eigenvalue weighted by Gasteiger charge is -1.93. The maximum absolute atomic E-state index is 4.68. The van der Waals surface area contributed by atoms with Gasteiger partial charge in [-0.3, -0.25) is 4.62 Å². The first-order valence-corrected chi connectivity index (χ1v) is 4.45. The molecule has 32 valence electrons. The Balaban J connectivity index is 2.54. The molecule has 0 saturated carbocycles. The van der Waals surface area contributed by atoms with Crippen LogP contribution in [-0.4, -0.2) is 6.66 Å². The highest BCUT2D eigenvalue weighted by molar-refractivity contribution is 8.10. The molecule has 2 nitrogen and oxygen atoms in total. The molecule has 0 amide bonds. The average molecular weight is 111 g/mol. The van der Waals surface area contributed by atoms with Gasteiger partial charge < -0.3 is 0 Å². The maximum atomic E-state index is 4.68. The minimum Gasteiger partial charge on any atom is -0.279 e. The molecule has 0 fully saturated rings. The molecule has 0 aromatic rings. The summed E-state index contributed by atoms with van der Waals surface area (Å²) in [5, 5.41) is 0. The Morgan fingerprint density at radius 2 is 2.20 bits per heavy atom. The van der Waals surface area contributed by atoms with E-state index in [1.54, 1.807) is 0 Å². The van der Waals surface area contributed by atoms with E-state index in [9.17, 15) is 0 Å². The second kappa shape index (κ2) is 2.99. The molecule has 2 unspecified atom stereocenters. The third kappa shape index (κ3) is 4.78. The molecule has 0 aromatic carbocycles. The monoisotopic (exact) mass is 111 g/mol. The van der Waals surface area contributed by atoms with Crippen molar-refractivity contribution in [2.75, 3.05) is 6.66 Å². The largest absolute Gasteiger partial charge is 0.279 e. The lowest BCUT2D eigenvalue weighted by Crippen LogP contribution is -1.85. The molecule has 0 saturated heterocycles. The predicted molar refractivity (Wildman–Crippen MR) is 27.8 cm³/mol. The van der Waals surface area contributed by atoms with Crippen molar-refractivity contribution in [2.24, 2.45) is 5.90 Å². The SMILES string of the molecule is CP(P)ON. The molecule has 0 aliphatic carbocycles. The number of nitrogens with two attached hydrogens (primary N) is 1. The average Bonchev–Trinajstić information content (AvgIpc) is 1.38. The Labute approximate surface area is 35.0 Å². The topological polar surface area (TPSA) is 35.2 Å². The fourth-order valence-corrected chi connectivity index (χ4v) is 0. The van der Waals surface area contributed by atoms with Crippen molar-refractivity contribution in [1.82, 2.24) is 0 Å². The van der Waals surface area contributed by atoms with Gasteiger partial charge in [-0.05, 0) is 6.66 Å². The predicted octanol–water partition coefficient (Wildman–Crippen LogP) is 0.694. The van der Waals surface area contributed by atoms with Crippen LogP contribution in [0.25, 0.3) is 0 Å². The fourth-order valence-electron chi connectivity index (χ4n) is 0. The van der Waals surface area contributed by atoms with E-state index in [4.69, 9.17) is 0 Å². The van der Waals surface area contributed by atoms with E-state index in [1.807, 2.05) is 6.66 Å². The third-order valence-electron chi connectivity index (χ3n) is 0.166. The van der Waals surface area contributed by atoms with Crippen molar-refractivity contribution in [3.63, 3.8) is 0 Å². The molecule has 0 spiro atoms. The number of rotatable bonds is 1. The van der Waals surface area contributed by atoms with Gasteiger partial charge in [0.25, 0.3) is 0 Å². The minimum absolute atomic E-state index is 0.404. The van der Waals surface area contributed by atoms with Crippen LogP contribution in [0.15, 0.2) is 0 Å². The zero-order valence-corrected chi connectivity index (χ0v) is 5.06. The summed E-state index contributed by atoms with van der Waals surface area (Å²) < 4.78 is 4.28. The van der Waals surface area contributed by atoms with Gasteiger partial charge in [0.15, 0.2) is 0 Å². The summed E-state index contributed by atoms with van der Waals surface area (Å²) >= 11 is 0. The van der Waals surface area contributed by atoms with Crippen molar-refractivity contribution in [3.8, 4) is 0 Å². The molecule has 0 aliphatic rings. The van der Waals surface area contributed by atoms with Crippen molar-refractivity contribution in [2.45, 2.75) is 0 Å². The summed E-state index contributed by atoms with van der Waals surface area (Å²) in [7, 11) is 2.05. The summed E-state index contributed by atoms with van der Waals surface area (Å²) in [5.41, 5.74) is 0. The van der Waals surface area contributed by atoms with Crippen molar-refractivity contribution in [1.29, 1.82) is 0 Å². The molecule has 4 heteroatoms. The van der Waals surface area contributed by atoms with Gasteiger partial charge >= 0.3 is 0 Å². The molecule has 2 atom stereocenters. The van der Waals surface area contributed by atoms with E-state index < -0.39 is 7.84 Å². The van der Waals surface area contributed by atoms with E-state index >= 15 is 0 Å². The summed E-state index contributed by atoms with van der Waals surface area (Å²) in [4.78, 5) is 0. The second-order valence-electron chi connectivity index (χ2n) is 0.652. The lowest BCUT2D eigenvalue weighted by atomic mass is 12.0. The minimum atomic E-state index is -0.404. The quantitative estimate of drug-likeness (QED) is 0.399. The Morgan fingerprint density at radius 3 is 2.20 bits per heavy atom. The molecule has 0 heterocycles. The molecule has 0 aromatic heterocycles. The molecule has 0 aliphatic heterocycles. The van der Waals surface area contributed by atoms with Crippen LogP contribution >= 0.6 is 16.8 Å². The van der Waals surface area contributed by atoms with Crippen LogP contribution in [0.3, 0.4) is 0 Å². The smallest absolute Gasteiger partial charge is 0.0685 e. The van der Waals surface area contributed by atoms with Crippen LogP contribution in [0, 0.1) is 0 Å². The van der Waals surface area contributed by atoms with Gasteiger partial charge in [0.2, 0.25) is 0 Å². The molecule has 5 heavy (non-hydrogen) atoms. The van der Waals surface area contributed by atoms with Crippen LogP contribution in [0.1, 0.15) is 0 Å². The van der Waals surface area contributed by atoms with Crippen LogP contribution in [0.2, 0.25) is 0 Å². The van der Waals surface area contributed by atoms with Crippen molar-refractivity contribution in [3.05, 3.63) is 0 Å². The fraction of sp³-hybridized carbons (Fsp3) is 1.00. The normalized spacial score (nSPS) is 15.0.